The summed E-state index contributed by atoms with van der Waals surface area (Å²) >= 11 is 0. The van der Waals surface area contributed by atoms with Gasteiger partial charge in [0.25, 0.3) is 0 Å². The molecule has 142 valence electrons. The van der Waals surface area contributed by atoms with Gasteiger partial charge in [0, 0.05) is 6.54 Å². The highest BCUT2D eigenvalue weighted by atomic mass is 15.2. The zero-order chi connectivity index (χ0) is 19.1. The van der Waals surface area contributed by atoms with Crippen LogP contribution in [0.25, 0.3) is 11.0 Å². The van der Waals surface area contributed by atoms with Gasteiger partial charge >= 0.3 is 0 Å². The maximum Gasteiger partial charge on any atom is 0.124 e. The van der Waals surface area contributed by atoms with E-state index >= 15 is 0 Å². The summed E-state index contributed by atoms with van der Waals surface area (Å²) in [6.45, 7) is 6.45. The van der Waals surface area contributed by atoms with Crippen molar-refractivity contribution in [3.8, 4) is 6.07 Å². The first-order valence-corrected chi connectivity index (χ1v) is 10.4. The van der Waals surface area contributed by atoms with Gasteiger partial charge in [-0.05, 0) is 86.5 Å². The van der Waals surface area contributed by atoms with Crippen molar-refractivity contribution < 1.29 is 0 Å². The zero-order valence-corrected chi connectivity index (χ0v) is 16.5. The van der Waals surface area contributed by atoms with E-state index in [2.05, 4.69) is 46.7 Å². The third-order valence-electron chi connectivity index (χ3n) is 6.44. The predicted octanol–water partition coefficient (Wildman–Crippen LogP) is 4.54. The van der Waals surface area contributed by atoms with Crippen LogP contribution in [-0.2, 0) is 19.5 Å². The van der Waals surface area contributed by atoms with E-state index in [-0.39, 0.29) is 0 Å². The minimum atomic E-state index is 0.607. The van der Waals surface area contributed by atoms with E-state index < -0.39 is 0 Å². The SMILES string of the molecule is Cc1cc2c3c(c1)nc(CN1CCC(c4ccc(C#N)cc4)CC1)n3CCC2. The second kappa shape index (κ2) is 7.07. The van der Waals surface area contributed by atoms with Crippen molar-refractivity contribution in [3.63, 3.8) is 0 Å². The van der Waals surface area contributed by atoms with Gasteiger partial charge in [0.15, 0.2) is 0 Å². The number of imidazole rings is 1. The van der Waals surface area contributed by atoms with Crippen molar-refractivity contribution in [2.45, 2.75) is 51.6 Å². The van der Waals surface area contributed by atoms with E-state index in [1.807, 2.05) is 12.1 Å². The highest BCUT2D eigenvalue weighted by Crippen LogP contribution is 2.31. The van der Waals surface area contributed by atoms with Crippen LogP contribution >= 0.6 is 0 Å². The Morgan fingerprint density at radius 2 is 1.89 bits per heavy atom. The number of aryl methyl sites for hydroxylation is 3. The summed E-state index contributed by atoms with van der Waals surface area (Å²) in [5, 5.41) is 8.98. The maximum atomic E-state index is 8.98. The Hall–Kier alpha value is -2.64. The number of aromatic nitrogens is 2. The van der Waals surface area contributed by atoms with Crippen LogP contribution in [0.5, 0.6) is 0 Å². The minimum Gasteiger partial charge on any atom is -0.327 e. The second-order valence-electron chi connectivity index (χ2n) is 8.36. The van der Waals surface area contributed by atoms with Gasteiger partial charge in [0.05, 0.1) is 29.2 Å². The van der Waals surface area contributed by atoms with E-state index in [1.165, 1.54) is 59.2 Å². The molecule has 0 spiro atoms. The summed E-state index contributed by atoms with van der Waals surface area (Å²) in [7, 11) is 0. The number of hydrogen-bond donors (Lipinski definition) is 0. The summed E-state index contributed by atoms with van der Waals surface area (Å²) in [6.07, 6.45) is 4.75. The topological polar surface area (TPSA) is 44.9 Å². The molecule has 1 saturated heterocycles. The first-order valence-electron chi connectivity index (χ1n) is 10.4. The normalized spacial score (nSPS) is 17.7. The van der Waals surface area contributed by atoms with Gasteiger partial charge in [0.2, 0.25) is 0 Å². The molecule has 3 heterocycles. The fourth-order valence-corrected chi connectivity index (χ4v) is 4.99. The highest BCUT2D eigenvalue weighted by Gasteiger charge is 2.24. The molecule has 1 fully saturated rings. The molecule has 28 heavy (non-hydrogen) atoms. The molecule has 0 saturated carbocycles. The Morgan fingerprint density at radius 1 is 1.11 bits per heavy atom. The number of rotatable bonds is 3. The number of likely N-dealkylation sites (tertiary alicyclic amines) is 1. The Bertz CT molecular complexity index is 1050. The molecule has 4 nitrogen and oxygen atoms in total. The third kappa shape index (κ3) is 3.10. The number of nitrogens with zero attached hydrogens (tertiary/aromatic N) is 4. The Morgan fingerprint density at radius 3 is 2.64 bits per heavy atom. The lowest BCUT2D eigenvalue weighted by atomic mass is 9.89. The molecule has 2 aliphatic heterocycles. The number of nitriles is 1. The van der Waals surface area contributed by atoms with Crippen molar-refractivity contribution in [3.05, 3.63) is 64.5 Å². The van der Waals surface area contributed by atoms with Gasteiger partial charge in [0.1, 0.15) is 5.82 Å². The van der Waals surface area contributed by atoms with Crippen LogP contribution in [0, 0.1) is 18.3 Å². The van der Waals surface area contributed by atoms with Crippen molar-refractivity contribution >= 4 is 11.0 Å². The summed E-state index contributed by atoms with van der Waals surface area (Å²) in [6, 6.07) is 14.9. The van der Waals surface area contributed by atoms with Crippen LogP contribution < -0.4 is 0 Å². The largest absolute Gasteiger partial charge is 0.327 e. The quantitative estimate of drug-likeness (QED) is 0.680. The van der Waals surface area contributed by atoms with Gasteiger partial charge < -0.3 is 4.57 Å². The molecule has 2 aliphatic rings. The summed E-state index contributed by atoms with van der Waals surface area (Å²) < 4.78 is 2.47. The molecule has 0 atom stereocenters. The van der Waals surface area contributed by atoms with Gasteiger partial charge in [-0.15, -0.1) is 0 Å². The lowest BCUT2D eigenvalue weighted by Crippen LogP contribution is -2.33. The molecular weight excluding hydrogens is 344 g/mol. The standard InChI is InChI=1S/C24H26N4/c1-17-13-21-3-2-10-28-23(26-22(14-17)24(21)28)16-27-11-8-20(9-12-27)19-6-4-18(15-25)5-7-19/h4-7,13-14,20H,2-3,8-12,16H2,1H3. The molecule has 3 aromatic rings. The number of benzene rings is 2. The monoisotopic (exact) mass is 370 g/mol. The summed E-state index contributed by atoms with van der Waals surface area (Å²) in [5.74, 6) is 1.84. The molecule has 0 radical (unpaired) electrons. The van der Waals surface area contributed by atoms with Crippen LogP contribution in [0.15, 0.2) is 36.4 Å². The van der Waals surface area contributed by atoms with Gasteiger partial charge in [-0.1, -0.05) is 18.2 Å². The lowest BCUT2D eigenvalue weighted by Gasteiger charge is -2.32. The molecule has 0 aliphatic carbocycles. The van der Waals surface area contributed by atoms with Crippen molar-refractivity contribution in [2.75, 3.05) is 13.1 Å². The molecule has 0 bridgehead atoms. The van der Waals surface area contributed by atoms with Crippen LogP contribution in [-0.4, -0.2) is 27.5 Å². The minimum absolute atomic E-state index is 0.607. The van der Waals surface area contributed by atoms with E-state index in [9.17, 15) is 0 Å². The van der Waals surface area contributed by atoms with E-state index in [4.69, 9.17) is 10.2 Å². The van der Waals surface area contributed by atoms with E-state index in [1.54, 1.807) is 0 Å². The molecular formula is C24H26N4. The predicted molar refractivity (Wildman–Crippen MR) is 111 cm³/mol. The molecule has 4 heteroatoms. The molecule has 0 N–H and O–H groups in total. The molecule has 5 rings (SSSR count). The lowest BCUT2D eigenvalue weighted by molar-refractivity contribution is 0.198. The van der Waals surface area contributed by atoms with Gasteiger partial charge in [-0.25, -0.2) is 4.98 Å². The fraction of sp³-hybridized carbons (Fsp3) is 0.417. The van der Waals surface area contributed by atoms with Crippen molar-refractivity contribution in [1.82, 2.24) is 14.5 Å². The maximum absolute atomic E-state index is 8.98. The summed E-state index contributed by atoms with van der Waals surface area (Å²) in [4.78, 5) is 7.59. The molecule has 1 aromatic heterocycles. The van der Waals surface area contributed by atoms with Crippen LogP contribution in [0.3, 0.4) is 0 Å². The Balaban J connectivity index is 1.31. The Kier molecular flexibility index (Phi) is 4.41. The van der Waals surface area contributed by atoms with Crippen LogP contribution in [0.1, 0.15) is 53.3 Å². The first kappa shape index (κ1) is 17.5. The van der Waals surface area contributed by atoms with Crippen molar-refractivity contribution in [2.24, 2.45) is 0 Å². The highest BCUT2D eigenvalue weighted by molar-refractivity contribution is 5.81. The fourth-order valence-electron chi connectivity index (χ4n) is 4.99. The van der Waals surface area contributed by atoms with E-state index in [0.717, 1.165) is 31.7 Å². The average molecular weight is 371 g/mol. The van der Waals surface area contributed by atoms with Crippen LogP contribution in [0.4, 0.5) is 0 Å². The third-order valence-corrected chi connectivity index (χ3v) is 6.44. The summed E-state index contributed by atoms with van der Waals surface area (Å²) in [5.41, 5.74) is 7.47. The Labute approximate surface area is 166 Å². The number of piperidine rings is 1. The average Bonchev–Trinajstić information content (AvgIpc) is 3.07. The molecule has 2 aromatic carbocycles. The molecule has 0 unspecified atom stereocenters. The van der Waals surface area contributed by atoms with Gasteiger partial charge in [-0.3, -0.25) is 4.90 Å². The van der Waals surface area contributed by atoms with E-state index in [0.29, 0.717) is 5.92 Å². The van der Waals surface area contributed by atoms with Gasteiger partial charge in [-0.2, -0.15) is 5.26 Å². The van der Waals surface area contributed by atoms with Crippen molar-refractivity contribution in [1.29, 1.82) is 5.26 Å². The number of hydrogen-bond acceptors (Lipinski definition) is 3. The second-order valence-corrected chi connectivity index (χ2v) is 8.36. The smallest absolute Gasteiger partial charge is 0.124 e. The van der Waals surface area contributed by atoms with Crippen LogP contribution in [0.2, 0.25) is 0 Å². The first-order chi connectivity index (χ1) is 13.7. The molecule has 0 amide bonds. The zero-order valence-electron chi connectivity index (χ0n) is 16.5.